The molecule has 0 aliphatic rings. The third-order valence-electron chi connectivity index (χ3n) is 3.74. The molecule has 0 radical (unpaired) electrons. The van der Waals surface area contributed by atoms with Gasteiger partial charge in [0.25, 0.3) is 10.0 Å². The number of anilines is 1. The maximum absolute atomic E-state index is 12.5. The van der Waals surface area contributed by atoms with Gasteiger partial charge in [-0.3, -0.25) is 5.32 Å². The van der Waals surface area contributed by atoms with Gasteiger partial charge in [0, 0.05) is 0 Å². The average Bonchev–Trinajstić information content (AvgIpc) is 3.01. The van der Waals surface area contributed by atoms with Crippen molar-refractivity contribution in [2.45, 2.75) is 18.7 Å². The molecule has 146 valence electrons. The van der Waals surface area contributed by atoms with Gasteiger partial charge in [-0.05, 0) is 32.0 Å². The Morgan fingerprint density at radius 1 is 1.14 bits per heavy atom. The number of hydrogen-bond donors (Lipinski definition) is 2. The van der Waals surface area contributed by atoms with Crippen molar-refractivity contribution < 1.29 is 27.2 Å². The summed E-state index contributed by atoms with van der Waals surface area (Å²) in [4.78, 5) is 31.7. The van der Waals surface area contributed by atoms with Gasteiger partial charge in [-0.1, -0.05) is 12.1 Å². The predicted octanol–water partition coefficient (Wildman–Crippen LogP) is 2.14. The fourth-order valence-corrected chi connectivity index (χ4v) is 3.63. The number of carbonyl (C=O) groups excluding carboxylic acids is 2. The first-order valence-electron chi connectivity index (χ1n) is 7.97. The van der Waals surface area contributed by atoms with Crippen molar-refractivity contribution in [1.82, 2.24) is 14.7 Å². The zero-order valence-electron chi connectivity index (χ0n) is 15.1. The Kier molecular flexibility index (Phi) is 5.01. The van der Waals surface area contributed by atoms with Crippen molar-refractivity contribution in [3.05, 3.63) is 47.3 Å². The number of esters is 1. The molecule has 2 N–H and O–H groups in total. The highest BCUT2D eigenvalue weighted by Gasteiger charge is 2.25. The number of aryl methyl sites for hydroxylation is 2. The van der Waals surface area contributed by atoms with Crippen LogP contribution in [0.4, 0.5) is 10.7 Å². The molecule has 0 aliphatic heterocycles. The summed E-state index contributed by atoms with van der Waals surface area (Å²) >= 11 is 0. The molecule has 0 fully saturated rings. The largest absolute Gasteiger partial charge is 0.465 e. The Morgan fingerprint density at radius 3 is 2.57 bits per heavy atom. The molecule has 0 aliphatic carbocycles. The van der Waals surface area contributed by atoms with E-state index in [9.17, 15) is 18.0 Å². The Morgan fingerprint density at radius 2 is 1.86 bits per heavy atom. The van der Waals surface area contributed by atoms with Crippen molar-refractivity contribution in [1.29, 1.82) is 0 Å². The van der Waals surface area contributed by atoms with Gasteiger partial charge in [0.15, 0.2) is 0 Å². The smallest absolute Gasteiger partial charge is 0.339 e. The number of aromatic nitrogens is 2. The zero-order chi connectivity index (χ0) is 20.5. The van der Waals surface area contributed by atoms with Crippen molar-refractivity contribution in [3.8, 4) is 0 Å². The van der Waals surface area contributed by atoms with Crippen LogP contribution in [0.15, 0.2) is 39.6 Å². The number of fused-ring (bicyclic) bond motifs is 1. The lowest BCUT2D eigenvalue weighted by Crippen LogP contribution is -2.35. The molecule has 0 unspecified atom stereocenters. The molecule has 0 atom stereocenters. The van der Waals surface area contributed by atoms with Crippen LogP contribution in [0.1, 0.15) is 21.8 Å². The van der Waals surface area contributed by atoms with Crippen LogP contribution in [-0.4, -0.2) is 37.5 Å². The third kappa shape index (κ3) is 3.78. The Labute approximate surface area is 160 Å². The van der Waals surface area contributed by atoms with Crippen LogP contribution in [0.3, 0.4) is 0 Å². The predicted molar refractivity (Wildman–Crippen MR) is 98.4 cm³/mol. The summed E-state index contributed by atoms with van der Waals surface area (Å²) in [6.07, 6.45) is 0. The molecular formula is C17H16N4O6S. The highest BCUT2D eigenvalue weighted by atomic mass is 32.2. The van der Waals surface area contributed by atoms with Gasteiger partial charge in [0.05, 0.1) is 23.8 Å². The second-order valence-electron chi connectivity index (χ2n) is 5.76. The van der Waals surface area contributed by atoms with E-state index >= 15 is 0 Å². The van der Waals surface area contributed by atoms with Crippen LogP contribution < -0.4 is 10.0 Å². The molecular weight excluding hydrogens is 388 g/mol. The number of ether oxygens (including phenoxy) is 1. The number of hydrogen-bond acceptors (Lipinski definition) is 8. The quantitative estimate of drug-likeness (QED) is 0.630. The topological polar surface area (TPSA) is 140 Å². The number of methoxy groups -OCH3 is 1. The standard InChI is InChI=1S/C17H16N4O6S/c1-9-8-12-10(2)18-16(19-14(12)27-9)20-17(23)21-28(24,25)13-7-5-4-6-11(13)15(22)26-3/h4-8H,1-3H3,(H2,18,19,20,21,23). The number of rotatable bonds is 4. The molecule has 0 saturated heterocycles. The fraction of sp³-hybridized carbons (Fsp3) is 0.176. The SMILES string of the molecule is COC(=O)c1ccccc1S(=O)(=O)NC(=O)Nc1nc(C)c2cc(C)oc2n1. The van der Waals surface area contributed by atoms with E-state index in [1.807, 2.05) is 4.72 Å². The Hall–Kier alpha value is -3.47. The first kappa shape index (κ1) is 19.3. The van der Waals surface area contributed by atoms with Crippen LogP contribution in [0.2, 0.25) is 0 Å². The molecule has 2 heterocycles. The summed E-state index contributed by atoms with van der Waals surface area (Å²) < 4.78 is 36.8. The summed E-state index contributed by atoms with van der Waals surface area (Å²) in [5.41, 5.74) is 0.611. The maximum Gasteiger partial charge on any atom is 0.339 e. The van der Waals surface area contributed by atoms with Gasteiger partial charge in [-0.15, -0.1) is 0 Å². The minimum absolute atomic E-state index is 0.131. The molecule has 1 aromatic carbocycles. The van der Waals surface area contributed by atoms with Crippen molar-refractivity contribution in [3.63, 3.8) is 0 Å². The van der Waals surface area contributed by atoms with Crippen molar-refractivity contribution in [2.75, 3.05) is 12.4 Å². The Balaban J connectivity index is 1.84. The molecule has 28 heavy (non-hydrogen) atoms. The van der Waals surface area contributed by atoms with Crippen molar-refractivity contribution in [2.24, 2.45) is 0 Å². The van der Waals surface area contributed by atoms with Crippen molar-refractivity contribution >= 4 is 39.1 Å². The minimum Gasteiger partial charge on any atom is -0.465 e. The van der Waals surface area contributed by atoms with E-state index in [0.29, 0.717) is 16.8 Å². The highest BCUT2D eigenvalue weighted by Crippen LogP contribution is 2.21. The number of benzene rings is 1. The summed E-state index contributed by atoms with van der Waals surface area (Å²) in [6.45, 7) is 3.44. The molecule has 3 aromatic rings. The van der Waals surface area contributed by atoms with Gasteiger partial charge >= 0.3 is 12.0 Å². The van der Waals surface area contributed by atoms with E-state index in [0.717, 1.165) is 7.11 Å². The monoisotopic (exact) mass is 404 g/mol. The normalized spacial score (nSPS) is 11.2. The Bertz CT molecular complexity index is 1190. The van der Waals surface area contributed by atoms with E-state index in [2.05, 4.69) is 20.0 Å². The molecule has 3 rings (SSSR count). The van der Waals surface area contributed by atoms with Crippen LogP contribution in [0, 0.1) is 13.8 Å². The van der Waals surface area contributed by atoms with E-state index in [-0.39, 0.29) is 17.2 Å². The third-order valence-corrected chi connectivity index (χ3v) is 5.13. The maximum atomic E-state index is 12.5. The number of carbonyl (C=O) groups is 2. The number of nitrogens with one attached hydrogen (secondary N) is 2. The lowest BCUT2D eigenvalue weighted by atomic mass is 10.2. The minimum atomic E-state index is -4.36. The molecule has 2 amide bonds. The summed E-state index contributed by atoms with van der Waals surface area (Å²) in [5.74, 6) is -0.358. The van der Waals surface area contributed by atoms with Gasteiger partial charge in [-0.2, -0.15) is 4.98 Å². The second kappa shape index (κ2) is 7.27. The van der Waals surface area contributed by atoms with E-state index in [1.165, 1.54) is 24.3 Å². The number of amides is 2. The van der Waals surface area contributed by atoms with Gasteiger partial charge in [0.1, 0.15) is 10.7 Å². The van der Waals surface area contributed by atoms with Crippen LogP contribution in [-0.2, 0) is 14.8 Å². The molecule has 11 heteroatoms. The lowest BCUT2D eigenvalue weighted by molar-refractivity contribution is 0.0596. The summed E-state index contributed by atoms with van der Waals surface area (Å²) in [6, 6.07) is 6.00. The first-order chi connectivity index (χ1) is 13.2. The van der Waals surface area contributed by atoms with Crippen LogP contribution in [0.25, 0.3) is 11.1 Å². The number of nitrogens with zero attached hydrogens (tertiary/aromatic N) is 2. The second-order valence-corrected chi connectivity index (χ2v) is 7.41. The first-order valence-corrected chi connectivity index (χ1v) is 9.45. The number of furan rings is 1. The molecule has 10 nitrogen and oxygen atoms in total. The van der Waals surface area contributed by atoms with E-state index in [4.69, 9.17) is 4.42 Å². The molecule has 0 spiro atoms. The highest BCUT2D eigenvalue weighted by molar-refractivity contribution is 7.90. The van der Waals surface area contributed by atoms with Crippen LogP contribution in [0.5, 0.6) is 0 Å². The molecule has 0 saturated carbocycles. The zero-order valence-corrected chi connectivity index (χ0v) is 16.0. The average molecular weight is 404 g/mol. The molecule has 0 bridgehead atoms. The summed E-state index contributed by atoms with van der Waals surface area (Å²) in [7, 11) is -3.23. The van der Waals surface area contributed by atoms with Crippen LogP contribution >= 0.6 is 0 Å². The number of urea groups is 1. The number of sulfonamides is 1. The fourth-order valence-electron chi connectivity index (χ4n) is 2.52. The van der Waals surface area contributed by atoms with Gasteiger partial charge in [0.2, 0.25) is 11.7 Å². The van der Waals surface area contributed by atoms with Gasteiger partial charge in [-0.25, -0.2) is 27.7 Å². The molecule has 2 aromatic heterocycles. The van der Waals surface area contributed by atoms with Gasteiger partial charge < -0.3 is 9.15 Å². The summed E-state index contributed by atoms with van der Waals surface area (Å²) in [5, 5.41) is 2.93. The lowest BCUT2D eigenvalue weighted by Gasteiger charge is -2.10. The van der Waals surface area contributed by atoms with E-state index < -0.39 is 26.9 Å². The van der Waals surface area contributed by atoms with E-state index in [1.54, 1.807) is 19.9 Å².